The van der Waals surface area contributed by atoms with Crippen molar-refractivity contribution in [2.45, 2.75) is 12.3 Å². The Bertz CT molecular complexity index is 412. The van der Waals surface area contributed by atoms with Crippen LogP contribution in [0.15, 0.2) is 18.2 Å². The fourth-order valence-corrected chi connectivity index (χ4v) is 3.05. The molecule has 1 unspecified atom stereocenters. The van der Waals surface area contributed by atoms with Gasteiger partial charge >= 0.3 is 0 Å². The second kappa shape index (κ2) is 5.47. The Hall–Kier alpha value is -0.770. The lowest BCUT2D eigenvalue weighted by molar-refractivity contribution is 0.122. The van der Waals surface area contributed by atoms with Gasteiger partial charge in [0.1, 0.15) is 0 Å². The molecule has 98 valence electrons. The predicted octanol–water partition coefficient (Wildman–Crippen LogP) is 2.25. The molecule has 0 amide bonds. The van der Waals surface area contributed by atoms with E-state index >= 15 is 0 Å². The molecule has 0 spiro atoms. The van der Waals surface area contributed by atoms with Crippen LogP contribution in [0.5, 0.6) is 0 Å². The van der Waals surface area contributed by atoms with Gasteiger partial charge in [0, 0.05) is 30.3 Å². The zero-order valence-corrected chi connectivity index (χ0v) is 11.2. The lowest BCUT2D eigenvalue weighted by Gasteiger charge is -2.32. The Labute approximate surface area is 113 Å². The molecule has 1 aromatic carbocycles. The van der Waals surface area contributed by atoms with Crippen LogP contribution in [0.1, 0.15) is 17.9 Å². The van der Waals surface area contributed by atoms with Gasteiger partial charge in [-0.15, -0.1) is 0 Å². The third-order valence-corrected chi connectivity index (χ3v) is 4.08. The third kappa shape index (κ3) is 2.48. The summed E-state index contributed by atoms with van der Waals surface area (Å²) in [6.45, 7) is 5.79. The molecule has 2 saturated heterocycles. The quantitative estimate of drug-likeness (QED) is 0.889. The van der Waals surface area contributed by atoms with Crippen LogP contribution in [0, 0.1) is 0 Å². The molecule has 0 aliphatic carbocycles. The average molecular weight is 267 g/mol. The number of anilines is 1. The van der Waals surface area contributed by atoms with Crippen LogP contribution in [0.4, 0.5) is 5.69 Å². The van der Waals surface area contributed by atoms with Crippen molar-refractivity contribution in [3.63, 3.8) is 0 Å². The molecule has 18 heavy (non-hydrogen) atoms. The minimum Gasteiger partial charge on any atom is -0.378 e. The summed E-state index contributed by atoms with van der Waals surface area (Å²) in [7, 11) is 0. The van der Waals surface area contributed by atoms with E-state index in [2.05, 4.69) is 22.3 Å². The van der Waals surface area contributed by atoms with Crippen molar-refractivity contribution in [3.05, 3.63) is 28.8 Å². The second-order valence-electron chi connectivity index (χ2n) is 4.99. The Balaban J connectivity index is 1.91. The second-order valence-corrected chi connectivity index (χ2v) is 5.43. The first-order valence-electron chi connectivity index (χ1n) is 6.67. The molecule has 2 fully saturated rings. The normalized spacial score (nSPS) is 24.5. The zero-order valence-electron chi connectivity index (χ0n) is 10.5. The molecule has 2 aliphatic heterocycles. The van der Waals surface area contributed by atoms with Gasteiger partial charge in [0.2, 0.25) is 0 Å². The first kappa shape index (κ1) is 12.3. The number of ether oxygens (including phenoxy) is 1. The zero-order chi connectivity index (χ0) is 12.4. The number of benzene rings is 1. The summed E-state index contributed by atoms with van der Waals surface area (Å²) < 4.78 is 5.43. The van der Waals surface area contributed by atoms with Crippen molar-refractivity contribution in [2.75, 3.05) is 44.3 Å². The Kier molecular flexibility index (Phi) is 3.73. The molecule has 1 atom stereocenters. The summed E-state index contributed by atoms with van der Waals surface area (Å²) in [6.07, 6.45) is 1.21. The van der Waals surface area contributed by atoms with Crippen molar-refractivity contribution in [1.82, 2.24) is 5.32 Å². The molecule has 4 heteroatoms. The summed E-state index contributed by atoms with van der Waals surface area (Å²) in [6, 6.07) is 6.31. The largest absolute Gasteiger partial charge is 0.378 e. The number of nitrogens with zero attached hydrogens (tertiary/aromatic N) is 1. The van der Waals surface area contributed by atoms with Gasteiger partial charge in [-0.2, -0.15) is 0 Å². The number of halogens is 1. The van der Waals surface area contributed by atoms with E-state index in [1.54, 1.807) is 0 Å². The van der Waals surface area contributed by atoms with Crippen molar-refractivity contribution >= 4 is 17.3 Å². The Morgan fingerprint density at radius 2 is 2.11 bits per heavy atom. The topological polar surface area (TPSA) is 24.5 Å². The van der Waals surface area contributed by atoms with Crippen LogP contribution in [0.2, 0.25) is 5.02 Å². The predicted molar refractivity (Wildman–Crippen MR) is 74.7 cm³/mol. The first-order valence-corrected chi connectivity index (χ1v) is 7.05. The summed E-state index contributed by atoms with van der Waals surface area (Å²) >= 11 is 6.17. The van der Waals surface area contributed by atoms with E-state index in [0.29, 0.717) is 5.92 Å². The van der Waals surface area contributed by atoms with Crippen LogP contribution >= 0.6 is 11.6 Å². The molecule has 0 saturated carbocycles. The van der Waals surface area contributed by atoms with Gasteiger partial charge in [0.05, 0.1) is 13.2 Å². The van der Waals surface area contributed by atoms with Crippen molar-refractivity contribution in [3.8, 4) is 0 Å². The highest BCUT2D eigenvalue weighted by Crippen LogP contribution is 2.34. The average Bonchev–Trinajstić information content (AvgIpc) is 2.93. The minimum absolute atomic E-state index is 0.599. The molecule has 2 heterocycles. The fraction of sp³-hybridized carbons (Fsp3) is 0.571. The Morgan fingerprint density at radius 3 is 2.83 bits per heavy atom. The van der Waals surface area contributed by atoms with Gasteiger partial charge in [-0.25, -0.2) is 0 Å². The third-order valence-electron chi connectivity index (χ3n) is 3.84. The maximum atomic E-state index is 6.17. The SMILES string of the molecule is Clc1ccc(N2CCOCC2)c(C2CCNC2)c1. The summed E-state index contributed by atoms with van der Waals surface area (Å²) in [5.74, 6) is 0.599. The standard InChI is InChI=1S/C14H19ClN2O/c15-12-1-2-14(17-5-7-18-8-6-17)13(9-12)11-3-4-16-10-11/h1-2,9,11,16H,3-8,10H2. The van der Waals surface area contributed by atoms with Gasteiger partial charge in [-0.05, 0) is 42.6 Å². The summed E-state index contributed by atoms with van der Waals surface area (Å²) in [4.78, 5) is 2.42. The highest BCUT2D eigenvalue weighted by Gasteiger charge is 2.23. The van der Waals surface area contributed by atoms with E-state index in [1.807, 2.05) is 6.07 Å². The van der Waals surface area contributed by atoms with Crippen LogP contribution < -0.4 is 10.2 Å². The molecular formula is C14H19ClN2O. The molecule has 0 radical (unpaired) electrons. The summed E-state index contributed by atoms with van der Waals surface area (Å²) in [5, 5.41) is 4.28. The molecule has 2 aliphatic rings. The van der Waals surface area contributed by atoms with Gasteiger partial charge < -0.3 is 15.0 Å². The number of rotatable bonds is 2. The lowest BCUT2D eigenvalue weighted by atomic mass is 9.96. The monoisotopic (exact) mass is 266 g/mol. The lowest BCUT2D eigenvalue weighted by Crippen LogP contribution is -2.37. The van der Waals surface area contributed by atoms with Gasteiger partial charge in [-0.3, -0.25) is 0 Å². The van der Waals surface area contributed by atoms with E-state index in [-0.39, 0.29) is 0 Å². The van der Waals surface area contributed by atoms with Crippen molar-refractivity contribution < 1.29 is 4.74 Å². The summed E-state index contributed by atoms with van der Waals surface area (Å²) in [5.41, 5.74) is 2.74. The van der Waals surface area contributed by atoms with E-state index in [0.717, 1.165) is 44.4 Å². The molecule has 3 rings (SSSR count). The van der Waals surface area contributed by atoms with Crippen LogP contribution in [0.25, 0.3) is 0 Å². The van der Waals surface area contributed by atoms with E-state index in [4.69, 9.17) is 16.3 Å². The van der Waals surface area contributed by atoms with Crippen LogP contribution in [-0.4, -0.2) is 39.4 Å². The number of hydrogen-bond donors (Lipinski definition) is 1. The maximum absolute atomic E-state index is 6.17. The van der Waals surface area contributed by atoms with Crippen LogP contribution in [0.3, 0.4) is 0 Å². The number of hydrogen-bond acceptors (Lipinski definition) is 3. The van der Waals surface area contributed by atoms with Gasteiger partial charge in [0.15, 0.2) is 0 Å². The maximum Gasteiger partial charge on any atom is 0.0642 e. The van der Waals surface area contributed by atoms with E-state index in [1.165, 1.54) is 17.7 Å². The molecule has 1 N–H and O–H groups in total. The van der Waals surface area contributed by atoms with Gasteiger partial charge in [-0.1, -0.05) is 11.6 Å². The van der Waals surface area contributed by atoms with Crippen molar-refractivity contribution in [1.29, 1.82) is 0 Å². The van der Waals surface area contributed by atoms with Crippen LogP contribution in [-0.2, 0) is 4.74 Å². The number of morpholine rings is 1. The first-order chi connectivity index (χ1) is 8.84. The smallest absolute Gasteiger partial charge is 0.0642 e. The van der Waals surface area contributed by atoms with Gasteiger partial charge in [0.25, 0.3) is 0 Å². The Morgan fingerprint density at radius 1 is 1.28 bits per heavy atom. The number of nitrogens with one attached hydrogen (secondary N) is 1. The minimum atomic E-state index is 0.599. The highest BCUT2D eigenvalue weighted by atomic mass is 35.5. The highest BCUT2D eigenvalue weighted by molar-refractivity contribution is 6.30. The molecular weight excluding hydrogens is 248 g/mol. The molecule has 0 aromatic heterocycles. The molecule has 3 nitrogen and oxygen atoms in total. The van der Waals surface area contributed by atoms with E-state index < -0.39 is 0 Å². The molecule has 1 aromatic rings. The van der Waals surface area contributed by atoms with E-state index in [9.17, 15) is 0 Å². The fourth-order valence-electron chi connectivity index (χ4n) is 2.86. The van der Waals surface area contributed by atoms with Crippen molar-refractivity contribution in [2.24, 2.45) is 0 Å². The molecule has 0 bridgehead atoms.